The molecule has 0 unspecified atom stereocenters. The Bertz CT molecular complexity index is 563. The number of carbonyl (C=O) groups is 1. The highest BCUT2D eigenvalue weighted by molar-refractivity contribution is 7.80. The molecule has 1 aliphatic rings. The van der Waals surface area contributed by atoms with Crippen molar-refractivity contribution in [1.29, 1.82) is 0 Å². The number of amides is 1. The summed E-state index contributed by atoms with van der Waals surface area (Å²) in [5, 5.41) is 3.18. The number of nitrogens with two attached hydrogens (primary N) is 1. The molecule has 1 fully saturated rings. The van der Waals surface area contributed by atoms with Crippen molar-refractivity contribution in [3.8, 4) is 5.75 Å². The van der Waals surface area contributed by atoms with Gasteiger partial charge in [-0.1, -0.05) is 0 Å². The van der Waals surface area contributed by atoms with Crippen LogP contribution in [-0.2, 0) is 4.79 Å². The van der Waals surface area contributed by atoms with Crippen molar-refractivity contribution in [1.82, 2.24) is 4.90 Å². The lowest BCUT2D eigenvalue weighted by Gasteiger charge is -2.25. The summed E-state index contributed by atoms with van der Waals surface area (Å²) in [5.41, 5.74) is 5.80. The van der Waals surface area contributed by atoms with Gasteiger partial charge in [0.15, 0.2) is 5.11 Å². The van der Waals surface area contributed by atoms with Gasteiger partial charge in [-0.2, -0.15) is 0 Å². The maximum absolute atomic E-state index is 12.1. The lowest BCUT2D eigenvalue weighted by molar-refractivity contribution is -0.274. The number of anilines is 1. The Morgan fingerprint density at radius 2 is 2.00 bits per heavy atom. The fourth-order valence-corrected chi connectivity index (χ4v) is 2.58. The van der Waals surface area contributed by atoms with E-state index < -0.39 is 18.3 Å². The summed E-state index contributed by atoms with van der Waals surface area (Å²) in [6, 6.07) is 4.71. The molecule has 1 aromatic carbocycles. The molecule has 0 aromatic heterocycles. The van der Waals surface area contributed by atoms with E-state index in [9.17, 15) is 18.0 Å². The van der Waals surface area contributed by atoms with Gasteiger partial charge < -0.3 is 20.7 Å². The maximum Gasteiger partial charge on any atom is 0.573 e. The Morgan fingerprint density at radius 3 is 2.55 bits per heavy atom. The van der Waals surface area contributed by atoms with Crippen LogP contribution in [0.3, 0.4) is 0 Å². The van der Waals surface area contributed by atoms with Crippen LogP contribution in [0.1, 0.15) is 12.8 Å². The molecule has 3 N–H and O–H groups in total. The molecular weight excluding hydrogens is 319 g/mol. The van der Waals surface area contributed by atoms with Crippen LogP contribution in [0, 0.1) is 0 Å². The topological polar surface area (TPSA) is 67.6 Å². The molecule has 1 aromatic rings. The minimum Gasteiger partial charge on any atom is -0.406 e. The molecule has 9 heteroatoms. The Morgan fingerprint density at radius 1 is 1.36 bits per heavy atom. The van der Waals surface area contributed by atoms with Gasteiger partial charge in [0.1, 0.15) is 11.8 Å². The van der Waals surface area contributed by atoms with Gasteiger partial charge in [0.2, 0.25) is 5.91 Å². The number of alkyl halides is 3. The molecule has 1 heterocycles. The third-order valence-corrected chi connectivity index (χ3v) is 3.52. The number of nitrogens with zero attached hydrogens (tertiary/aromatic N) is 1. The number of carbonyl (C=O) groups excluding carboxylic acids is 1. The molecule has 22 heavy (non-hydrogen) atoms. The Kier molecular flexibility index (Phi) is 4.74. The number of nitrogens with one attached hydrogen (secondary N) is 1. The molecular formula is C13H14F3N3O2S. The predicted octanol–water partition coefficient (Wildman–Crippen LogP) is 2.23. The van der Waals surface area contributed by atoms with Crippen molar-refractivity contribution in [2.45, 2.75) is 25.2 Å². The van der Waals surface area contributed by atoms with E-state index in [1.807, 2.05) is 0 Å². The van der Waals surface area contributed by atoms with Gasteiger partial charge >= 0.3 is 6.36 Å². The van der Waals surface area contributed by atoms with E-state index in [0.717, 1.165) is 6.42 Å². The van der Waals surface area contributed by atoms with Gasteiger partial charge in [0.25, 0.3) is 0 Å². The van der Waals surface area contributed by atoms with Gasteiger partial charge in [-0.3, -0.25) is 4.79 Å². The molecule has 0 aliphatic carbocycles. The predicted molar refractivity (Wildman–Crippen MR) is 78.3 cm³/mol. The molecule has 1 aliphatic heterocycles. The summed E-state index contributed by atoms with van der Waals surface area (Å²) in [5.74, 6) is -0.768. The highest BCUT2D eigenvalue weighted by Crippen LogP contribution is 2.24. The molecule has 5 nitrogen and oxygen atoms in total. The highest BCUT2D eigenvalue weighted by Gasteiger charge is 2.32. The van der Waals surface area contributed by atoms with E-state index in [2.05, 4.69) is 10.1 Å². The Hall–Kier alpha value is -2.03. The first-order chi connectivity index (χ1) is 10.3. The van der Waals surface area contributed by atoms with Crippen molar-refractivity contribution in [2.75, 3.05) is 11.9 Å². The quantitative estimate of drug-likeness (QED) is 0.831. The molecule has 0 spiro atoms. The summed E-state index contributed by atoms with van der Waals surface area (Å²) >= 11 is 5.21. The van der Waals surface area contributed by atoms with Crippen molar-refractivity contribution in [3.63, 3.8) is 0 Å². The van der Waals surface area contributed by atoms with Gasteiger partial charge in [0, 0.05) is 12.2 Å². The molecule has 120 valence electrons. The zero-order valence-corrected chi connectivity index (χ0v) is 12.2. The van der Waals surface area contributed by atoms with Gasteiger partial charge in [0.05, 0.1) is 0 Å². The molecule has 2 rings (SSSR count). The van der Waals surface area contributed by atoms with Crippen LogP contribution < -0.4 is 15.8 Å². The number of thiocarbonyl (C=S) groups is 1. The lowest BCUT2D eigenvalue weighted by atomic mass is 10.2. The molecule has 1 amide bonds. The minimum atomic E-state index is -4.73. The third-order valence-electron chi connectivity index (χ3n) is 3.18. The number of benzene rings is 1. The average Bonchev–Trinajstić information content (AvgIpc) is 2.89. The van der Waals surface area contributed by atoms with Crippen molar-refractivity contribution in [3.05, 3.63) is 24.3 Å². The van der Waals surface area contributed by atoms with E-state index in [1.54, 1.807) is 4.90 Å². The smallest absolute Gasteiger partial charge is 0.406 e. The second-order valence-corrected chi connectivity index (χ2v) is 5.14. The molecule has 0 saturated carbocycles. The number of halogens is 3. The Balaban J connectivity index is 1.98. The number of likely N-dealkylation sites (tertiary alicyclic amines) is 1. The Labute approximate surface area is 130 Å². The zero-order valence-electron chi connectivity index (χ0n) is 11.4. The van der Waals surface area contributed by atoms with Crippen LogP contribution in [0.2, 0.25) is 0 Å². The minimum absolute atomic E-state index is 0.311. The summed E-state index contributed by atoms with van der Waals surface area (Å²) in [6.45, 7) is 0.606. The normalized spacial score (nSPS) is 18.1. The fourth-order valence-electron chi connectivity index (χ4n) is 2.24. The average molecular weight is 333 g/mol. The van der Waals surface area contributed by atoms with Crippen LogP contribution >= 0.6 is 12.2 Å². The largest absolute Gasteiger partial charge is 0.573 e. The van der Waals surface area contributed by atoms with Gasteiger partial charge in [-0.25, -0.2) is 0 Å². The standard InChI is InChI=1S/C13H14F3N3O2S/c14-13(15,16)21-9-5-3-8(4-6-9)18-12(22)19-7-1-2-10(19)11(17)20/h3-6,10H,1-2,7H2,(H2,17,20)(H,18,22)/t10-/m0/s1. The summed E-state index contributed by atoms with van der Waals surface area (Å²) in [7, 11) is 0. The second-order valence-electron chi connectivity index (χ2n) is 4.76. The van der Waals surface area contributed by atoms with Crippen molar-refractivity contribution in [2.24, 2.45) is 5.73 Å². The lowest BCUT2D eigenvalue weighted by Crippen LogP contribution is -2.45. The summed E-state index contributed by atoms with van der Waals surface area (Å²) in [6.07, 6.45) is -3.29. The SMILES string of the molecule is NC(=O)[C@@H]1CCCN1C(=S)Nc1ccc(OC(F)(F)F)cc1. The second kappa shape index (κ2) is 6.39. The first kappa shape index (κ1) is 16.3. The van der Waals surface area contributed by atoms with Crippen molar-refractivity contribution >= 4 is 28.9 Å². The van der Waals surface area contributed by atoms with E-state index in [-0.39, 0.29) is 5.75 Å². The van der Waals surface area contributed by atoms with Crippen molar-refractivity contribution < 1.29 is 22.7 Å². The first-order valence-electron chi connectivity index (χ1n) is 6.49. The van der Waals surface area contributed by atoms with E-state index in [0.29, 0.717) is 23.8 Å². The third kappa shape index (κ3) is 4.23. The summed E-state index contributed by atoms with van der Waals surface area (Å²) < 4.78 is 40.0. The monoisotopic (exact) mass is 333 g/mol. The number of primary amides is 1. The van der Waals surface area contributed by atoms with Crippen LogP contribution in [0.5, 0.6) is 5.75 Å². The zero-order chi connectivity index (χ0) is 16.3. The highest BCUT2D eigenvalue weighted by atomic mass is 32.1. The maximum atomic E-state index is 12.1. The van der Waals surface area contributed by atoms with Crippen LogP contribution in [0.4, 0.5) is 18.9 Å². The first-order valence-corrected chi connectivity index (χ1v) is 6.90. The van der Waals surface area contributed by atoms with Gasteiger partial charge in [-0.05, 0) is 49.3 Å². The van der Waals surface area contributed by atoms with E-state index in [1.165, 1.54) is 24.3 Å². The number of hydrogen-bond acceptors (Lipinski definition) is 3. The van der Waals surface area contributed by atoms with E-state index in [4.69, 9.17) is 18.0 Å². The molecule has 1 saturated heterocycles. The summed E-state index contributed by atoms with van der Waals surface area (Å²) in [4.78, 5) is 13.0. The molecule has 1 atom stereocenters. The molecule has 0 bridgehead atoms. The fraction of sp³-hybridized carbons (Fsp3) is 0.385. The van der Waals surface area contributed by atoms with Crippen LogP contribution in [-0.4, -0.2) is 34.9 Å². The number of hydrogen-bond donors (Lipinski definition) is 2. The van der Waals surface area contributed by atoms with E-state index >= 15 is 0 Å². The van der Waals surface area contributed by atoms with Crippen LogP contribution in [0.15, 0.2) is 24.3 Å². The number of ether oxygens (including phenoxy) is 1. The molecule has 0 radical (unpaired) electrons. The van der Waals surface area contributed by atoms with Gasteiger partial charge in [-0.15, -0.1) is 13.2 Å². The number of rotatable bonds is 3. The van der Waals surface area contributed by atoms with Crippen LogP contribution in [0.25, 0.3) is 0 Å².